The van der Waals surface area contributed by atoms with E-state index in [0.717, 1.165) is 6.07 Å². The van der Waals surface area contributed by atoms with Crippen molar-refractivity contribution >= 4 is 34.2 Å². The van der Waals surface area contributed by atoms with Crippen molar-refractivity contribution in [3.8, 4) is 45.4 Å². The number of fused-ring (bicyclic) bond motifs is 2. The Hall–Kier alpha value is -3.09. The summed E-state index contributed by atoms with van der Waals surface area (Å²) in [6.07, 6.45) is 0. The Morgan fingerprint density at radius 2 is 1.48 bits per heavy atom. The number of rotatable bonds is 1. The molecule has 0 fully saturated rings. The number of hydrogen-bond donors (Lipinski definition) is 4. The third-order valence-electron chi connectivity index (χ3n) is 4.19. The van der Waals surface area contributed by atoms with Gasteiger partial charge in [0.25, 0.3) is 0 Å². The van der Waals surface area contributed by atoms with E-state index in [1.807, 2.05) is 0 Å². The first-order valence-corrected chi connectivity index (χ1v) is 8.35. The normalized spacial score (nSPS) is 11.3. The Labute approximate surface area is 161 Å². The fourth-order valence-corrected chi connectivity index (χ4v) is 3.47. The summed E-state index contributed by atoms with van der Waals surface area (Å²) in [6, 6.07) is 7.49. The van der Waals surface area contributed by atoms with Crippen LogP contribution in [-0.4, -0.2) is 20.4 Å². The Morgan fingerprint density at radius 1 is 0.778 bits per heavy atom. The summed E-state index contributed by atoms with van der Waals surface area (Å²) in [6.45, 7) is 0. The molecule has 0 amide bonds. The molecule has 0 saturated carbocycles. The lowest BCUT2D eigenvalue weighted by Crippen LogP contribution is -2.01. The summed E-state index contributed by atoms with van der Waals surface area (Å²) >= 11 is 12.1. The van der Waals surface area contributed by atoms with Crippen LogP contribution in [0.4, 0.5) is 0 Å². The molecule has 4 rings (SSSR count). The highest BCUT2D eigenvalue weighted by atomic mass is 35.5. The maximum Gasteiger partial charge on any atom is 0.223 e. The van der Waals surface area contributed by atoms with Gasteiger partial charge in [0, 0.05) is 39.2 Å². The van der Waals surface area contributed by atoms with Crippen LogP contribution in [0.1, 0.15) is 0 Å². The van der Waals surface area contributed by atoms with Crippen LogP contribution >= 0.6 is 23.2 Å². The second kappa shape index (κ2) is 5.97. The van der Waals surface area contributed by atoms with Gasteiger partial charge in [-0.1, -0.05) is 23.2 Å². The van der Waals surface area contributed by atoms with Crippen molar-refractivity contribution in [2.45, 2.75) is 0 Å². The highest BCUT2D eigenvalue weighted by Crippen LogP contribution is 2.48. The van der Waals surface area contributed by atoms with Crippen LogP contribution in [0, 0.1) is 0 Å². The second-order valence-electron chi connectivity index (χ2n) is 5.91. The van der Waals surface area contributed by atoms with Gasteiger partial charge in [0.05, 0.1) is 5.02 Å². The average Bonchev–Trinajstić information content (AvgIpc) is 2.59. The van der Waals surface area contributed by atoms with Gasteiger partial charge in [-0.15, -0.1) is 0 Å². The molecule has 0 radical (unpaired) electrons. The van der Waals surface area contributed by atoms with Crippen molar-refractivity contribution in [2.24, 2.45) is 0 Å². The fraction of sp³-hybridized carbons (Fsp3) is 0. The molecule has 0 aromatic heterocycles. The van der Waals surface area contributed by atoms with Gasteiger partial charge < -0.3 is 24.8 Å². The first-order chi connectivity index (χ1) is 12.8. The lowest BCUT2D eigenvalue weighted by Gasteiger charge is -2.17. The fourth-order valence-electron chi connectivity index (χ4n) is 2.98. The van der Waals surface area contributed by atoms with E-state index in [4.69, 9.17) is 27.6 Å². The van der Waals surface area contributed by atoms with Crippen molar-refractivity contribution in [1.29, 1.82) is 0 Å². The molecule has 2 aromatic rings. The van der Waals surface area contributed by atoms with Gasteiger partial charge in [0.1, 0.15) is 17.1 Å². The number of halogens is 2. The molecule has 2 aliphatic rings. The number of phenolic OH excluding ortho intramolecular Hbond substituents is 4. The van der Waals surface area contributed by atoms with E-state index >= 15 is 0 Å². The molecule has 1 aliphatic heterocycles. The van der Waals surface area contributed by atoms with Gasteiger partial charge >= 0.3 is 0 Å². The maximum atomic E-state index is 11.8. The van der Waals surface area contributed by atoms with E-state index in [2.05, 4.69) is 0 Å². The Morgan fingerprint density at radius 3 is 2.22 bits per heavy atom. The van der Waals surface area contributed by atoms with E-state index in [0.29, 0.717) is 10.9 Å². The molecular formula is C19H10Cl2O6. The van der Waals surface area contributed by atoms with Crippen LogP contribution in [0.15, 0.2) is 45.6 Å². The number of aromatic hydroxyl groups is 4. The largest absolute Gasteiger partial charge is 0.506 e. The van der Waals surface area contributed by atoms with Crippen LogP contribution in [0.2, 0.25) is 10.0 Å². The van der Waals surface area contributed by atoms with Gasteiger partial charge in [-0.2, -0.15) is 0 Å². The van der Waals surface area contributed by atoms with Gasteiger partial charge in [-0.25, -0.2) is 0 Å². The molecule has 0 atom stereocenters. The quantitative estimate of drug-likeness (QED) is 0.270. The molecule has 2 aromatic carbocycles. The maximum absolute atomic E-state index is 11.8. The molecular weight excluding hydrogens is 395 g/mol. The van der Waals surface area contributed by atoms with E-state index in [1.165, 1.54) is 30.3 Å². The summed E-state index contributed by atoms with van der Waals surface area (Å²) in [4.78, 5) is 11.8. The van der Waals surface area contributed by atoms with Crippen LogP contribution in [-0.2, 0) is 0 Å². The summed E-state index contributed by atoms with van der Waals surface area (Å²) in [7, 11) is 0. The number of phenols is 4. The molecule has 0 spiro atoms. The van der Waals surface area contributed by atoms with Crippen LogP contribution < -0.4 is 5.43 Å². The predicted molar refractivity (Wildman–Crippen MR) is 101 cm³/mol. The molecule has 6 nitrogen and oxygen atoms in total. The Kier molecular flexibility index (Phi) is 3.83. The SMILES string of the molecule is O=c1cc2oc3cc(O)c(O)cc3c(-c3cc(Cl)cc(Cl)c3O)c-2cc1O. The highest BCUT2D eigenvalue weighted by molar-refractivity contribution is 6.36. The number of benzene rings is 3. The lowest BCUT2D eigenvalue weighted by molar-refractivity contribution is 0.404. The third-order valence-corrected chi connectivity index (χ3v) is 4.70. The van der Waals surface area contributed by atoms with Crippen molar-refractivity contribution in [1.82, 2.24) is 0 Å². The molecule has 1 aliphatic carbocycles. The predicted octanol–water partition coefficient (Wildman–Crippen LogP) is 4.69. The minimum absolute atomic E-state index is 0.00717. The first kappa shape index (κ1) is 17.3. The zero-order chi connectivity index (χ0) is 19.5. The monoisotopic (exact) mass is 404 g/mol. The highest BCUT2D eigenvalue weighted by Gasteiger charge is 2.23. The zero-order valence-electron chi connectivity index (χ0n) is 13.3. The second-order valence-corrected chi connectivity index (χ2v) is 6.76. The number of hydrogen-bond acceptors (Lipinski definition) is 6. The Balaban J connectivity index is 2.28. The smallest absolute Gasteiger partial charge is 0.223 e. The van der Waals surface area contributed by atoms with E-state index in [-0.39, 0.29) is 38.3 Å². The molecule has 0 unspecified atom stereocenters. The molecule has 4 N–H and O–H groups in total. The average molecular weight is 405 g/mol. The summed E-state index contributed by atoms with van der Waals surface area (Å²) in [5.74, 6) is -1.55. The third kappa shape index (κ3) is 2.70. The molecule has 1 heterocycles. The van der Waals surface area contributed by atoms with Crippen LogP contribution in [0.25, 0.3) is 33.4 Å². The molecule has 0 saturated heterocycles. The van der Waals surface area contributed by atoms with Gasteiger partial charge in [0.2, 0.25) is 5.43 Å². The van der Waals surface area contributed by atoms with Crippen LogP contribution in [0.3, 0.4) is 0 Å². The summed E-state index contributed by atoms with van der Waals surface area (Å²) in [5.41, 5.74) is 0.250. The summed E-state index contributed by atoms with van der Waals surface area (Å²) < 4.78 is 5.65. The minimum atomic E-state index is -0.659. The Bertz CT molecular complexity index is 1260. The van der Waals surface area contributed by atoms with Crippen molar-refractivity contribution in [2.75, 3.05) is 0 Å². The molecule has 136 valence electrons. The molecule has 0 bridgehead atoms. The van der Waals surface area contributed by atoms with Crippen molar-refractivity contribution < 1.29 is 24.8 Å². The van der Waals surface area contributed by atoms with Crippen LogP contribution in [0.5, 0.6) is 23.0 Å². The minimum Gasteiger partial charge on any atom is -0.506 e. The zero-order valence-corrected chi connectivity index (χ0v) is 14.8. The molecule has 27 heavy (non-hydrogen) atoms. The van der Waals surface area contributed by atoms with E-state index < -0.39 is 22.7 Å². The van der Waals surface area contributed by atoms with Crippen molar-refractivity contribution in [3.63, 3.8) is 0 Å². The van der Waals surface area contributed by atoms with E-state index in [1.54, 1.807) is 0 Å². The molecule has 8 heteroatoms. The first-order valence-electron chi connectivity index (χ1n) is 7.60. The standard InChI is InChI=1S/C19H10Cl2O6/c20-7-1-10(19(26)11(21)2-7)18-8-3-12(22)14(24)5-16(8)27-17-6-15(25)13(23)4-9(17)18/h1-6,22-24,26H. The van der Waals surface area contributed by atoms with Gasteiger partial charge in [-0.3, -0.25) is 4.79 Å². The van der Waals surface area contributed by atoms with E-state index in [9.17, 15) is 25.2 Å². The van der Waals surface area contributed by atoms with Gasteiger partial charge in [-0.05, 0) is 24.3 Å². The van der Waals surface area contributed by atoms with Gasteiger partial charge in [0.15, 0.2) is 17.2 Å². The summed E-state index contributed by atoms with van der Waals surface area (Å²) in [5, 5.41) is 40.6. The van der Waals surface area contributed by atoms with Crippen molar-refractivity contribution in [3.05, 3.63) is 56.7 Å². The topological polar surface area (TPSA) is 111 Å². The lowest BCUT2D eigenvalue weighted by atomic mass is 9.92.